The molecule has 0 unspecified atom stereocenters. The van der Waals surface area contributed by atoms with Crippen LogP contribution >= 0.6 is 11.2 Å². The number of hydrogen-bond donors (Lipinski definition) is 0. The molecule has 0 spiro atoms. The molecule has 0 saturated heterocycles. The van der Waals surface area contributed by atoms with Crippen molar-refractivity contribution in [3.63, 3.8) is 0 Å². The molecule has 0 aromatic heterocycles. The van der Waals surface area contributed by atoms with Crippen LogP contribution in [0.2, 0.25) is 16.6 Å². The van der Waals surface area contributed by atoms with Crippen molar-refractivity contribution in [3.05, 3.63) is 18.2 Å². The minimum absolute atomic E-state index is 0.722. The highest BCUT2D eigenvalue weighted by Gasteiger charge is 2.44. The standard InChI is InChI=1S/C17H30O2SSi/c1-12(2)21(13(3)4,14(5)6)20-17-10-15(18-7)9-16(11-17)19-8/h9-14H,1-8H3. The van der Waals surface area contributed by atoms with E-state index in [1.165, 1.54) is 4.90 Å². The number of hydrogen-bond acceptors (Lipinski definition) is 3. The van der Waals surface area contributed by atoms with Crippen molar-refractivity contribution < 1.29 is 9.47 Å². The first-order chi connectivity index (χ1) is 9.77. The third-order valence-electron chi connectivity index (χ3n) is 4.33. The zero-order valence-electron chi connectivity index (χ0n) is 14.7. The van der Waals surface area contributed by atoms with Gasteiger partial charge in [0, 0.05) is 11.0 Å². The maximum Gasteiger partial charge on any atom is 0.131 e. The molecule has 2 nitrogen and oxygen atoms in total. The summed E-state index contributed by atoms with van der Waals surface area (Å²) in [6.07, 6.45) is 0. The predicted molar refractivity (Wildman–Crippen MR) is 96.5 cm³/mol. The van der Waals surface area contributed by atoms with Crippen molar-refractivity contribution in [2.45, 2.75) is 63.1 Å². The van der Waals surface area contributed by atoms with Crippen molar-refractivity contribution >= 4 is 18.4 Å². The zero-order valence-corrected chi connectivity index (χ0v) is 16.5. The van der Waals surface area contributed by atoms with Gasteiger partial charge in [-0.3, -0.25) is 0 Å². The molecule has 0 N–H and O–H groups in total. The van der Waals surface area contributed by atoms with Crippen LogP contribution in [0.25, 0.3) is 0 Å². The van der Waals surface area contributed by atoms with Crippen LogP contribution in [0.3, 0.4) is 0 Å². The topological polar surface area (TPSA) is 18.5 Å². The molecule has 0 fully saturated rings. The third kappa shape index (κ3) is 3.98. The second-order valence-corrected chi connectivity index (χ2v) is 15.0. The molecule has 0 saturated carbocycles. The Hall–Kier alpha value is -0.613. The van der Waals surface area contributed by atoms with E-state index in [9.17, 15) is 0 Å². The highest BCUT2D eigenvalue weighted by Crippen LogP contribution is 2.52. The first-order valence-corrected chi connectivity index (χ1v) is 11.5. The minimum Gasteiger partial charge on any atom is -0.497 e. The average molecular weight is 327 g/mol. The fraction of sp³-hybridized carbons (Fsp3) is 0.647. The van der Waals surface area contributed by atoms with Gasteiger partial charge in [0.05, 0.1) is 14.2 Å². The smallest absolute Gasteiger partial charge is 0.131 e. The first-order valence-electron chi connectivity index (χ1n) is 7.70. The van der Waals surface area contributed by atoms with E-state index < -0.39 is 7.22 Å². The molecule has 0 aliphatic rings. The molecular formula is C17H30O2SSi. The van der Waals surface area contributed by atoms with Gasteiger partial charge in [-0.05, 0) is 28.8 Å². The third-order valence-corrected chi connectivity index (χ3v) is 16.6. The molecule has 21 heavy (non-hydrogen) atoms. The normalized spacial score (nSPS) is 12.3. The molecule has 0 heterocycles. The summed E-state index contributed by atoms with van der Waals surface area (Å²) in [5.74, 6) is 1.74. The van der Waals surface area contributed by atoms with E-state index in [1.807, 2.05) is 6.07 Å². The summed E-state index contributed by atoms with van der Waals surface area (Å²) in [4.78, 5) is 1.27. The monoisotopic (exact) mass is 326 g/mol. The molecule has 1 aromatic rings. The van der Waals surface area contributed by atoms with Gasteiger partial charge in [-0.15, -0.1) is 11.2 Å². The summed E-state index contributed by atoms with van der Waals surface area (Å²) in [6.45, 7) is 14.3. The van der Waals surface area contributed by atoms with E-state index in [2.05, 4.69) is 64.9 Å². The molecule has 120 valence electrons. The quantitative estimate of drug-likeness (QED) is 0.575. The van der Waals surface area contributed by atoms with E-state index in [-0.39, 0.29) is 0 Å². The van der Waals surface area contributed by atoms with Gasteiger partial charge in [0.25, 0.3) is 0 Å². The number of rotatable bonds is 7. The fourth-order valence-electron chi connectivity index (χ4n) is 3.40. The summed E-state index contributed by atoms with van der Waals surface area (Å²) >= 11 is 2.10. The van der Waals surface area contributed by atoms with Gasteiger partial charge in [-0.25, -0.2) is 0 Å². The van der Waals surface area contributed by atoms with Gasteiger partial charge in [-0.2, -0.15) is 0 Å². The van der Waals surface area contributed by atoms with Gasteiger partial charge in [0.15, 0.2) is 0 Å². The van der Waals surface area contributed by atoms with E-state index >= 15 is 0 Å². The maximum atomic E-state index is 5.42. The molecule has 1 aromatic carbocycles. The van der Waals surface area contributed by atoms with Crippen molar-refractivity contribution in [1.29, 1.82) is 0 Å². The van der Waals surface area contributed by atoms with Gasteiger partial charge in [-0.1, -0.05) is 41.5 Å². The fourth-order valence-corrected chi connectivity index (χ4v) is 12.6. The minimum atomic E-state index is -1.53. The van der Waals surface area contributed by atoms with E-state index in [0.717, 1.165) is 28.1 Å². The van der Waals surface area contributed by atoms with Crippen molar-refractivity contribution in [3.8, 4) is 11.5 Å². The van der Waals surface area contributed by atoms with Crippen LogP contribution < -0.4 is 9.47 Å². The van der Waals surface area contributed by atoms with Gasteiger partial charge < -0.3 is 9.47 Å². The average Bonchev–Trinajstić information content (AvgIpc) is 2.42. The Morgan fingerprint density at radius 1 is 0.762 bits per heavy atom. The molecule has 0 amide bonds. The SMILES string of the molecule is COc1cc(OC)cc(S[Si](C(C)C)(C(C)C)C(C)C)c1. The van der Waals surface area contributed by atoms with Crippen molar-refractivity contribution in [2.75, 3.05) is 14.2 Å². The lowest BCUT2D eigenvalue weighted by atomic mass is 10.3. The molecule has 0 atom stereocenters. The number of ether oxygens (including phenoxy) is 2. The Morgan fingerprint density at radius 3 is 1.43 bits per heavy atom. The molecule has 0 aliphatic heterocycles. The van der Waals surface area contributed by atoms with Crippen LogP contribution in [0.5, 0.6) is 11.5 Å². The van der Waals surface area contributed by atoms with Crippen molar-refractivity contribution in [2.24, 2.45) is 0 Å². The van der Waals surface area contributed by atoms with Gasteiger partial charge in [0.2, 0.25) is 0 Å². The van der Waals surface area contributed by atoms with Crippen LogP contribution in [0.15, 0.2) is 23.1 Å². The van der Waals surface area contributed by atoms with E-state index in [0.29, 0.717) is 0 Å². The Morgan fingerprint density at radius 2 is 1.14 bits per heavy atom. The Bertz CT molecular complexity index is 414. The lowest BCUT2D eigenvalue weighted by molar-refractivity contribution is 0.392. The summed E-state index contributed by atoms with van der Waals surface area (Å²) in [7, 11) is 1.88. The summed E-state index contributed by atoms with van der Waals surface area (Å²) in [5.41, 5.74) is 2.17. The number of methoxy groups -OCH3 is 2. The second-order valence-electron chi connectivity index (χ2n) is 6.47. The van der Waals surface area contributed by atoms with Crippen molar-refractivity contribution in [1.82, 2.24) is 0 Å². The molecule has 4 heteroatoms. The summed E-state index contributed by atoms with van der Waals surface area (Å²) in [6, 6.07) is 6.22. The van der Waals surface area contributed by atoms with E-state index in [4.69, 9.17) is 9.47 Å². The van der Waals surface area contributed by atoms with Crippen LogP contribution in [-0.2, 0) is 0 Å². The van der Waals surface area contributed by atoms with Gasteiger partial charge >= 0.3 is 0 Å². The van der Waals surface area contributed by atoms with Crippen LogP contribution in [0.4, 0.5) is 0 Å². The molecule has 1 rings (SSSR count). The molecular weight excluding hydrogens is 296 g/mol. The van der Waals surface area contributed by atoms with Gasteiger partial charge in [0.1, 0.15) is 18.7 Å². The first kappa shape index (κ1) is 18.4. The highest BCUT2D eigenvalue weighted by atomic mass is 32.4. The van der Waals surface area contributed by atoms with Crippen LogP contribution in [0, 0.1) is 0 Å². The van der Waals surface area contributed by atoms with E-state index in [1.54, 1.807) is 14.2 Å². The number of benzene rings is 1. The lowest BCUT2D eigenvalue weighted by Gasteiger charge is -2.42. The summed E-state index contributed by atoms with van der Waals surface area (Å²) in [5, 5.41) is 0. The largest absolute Gasteiger partial charge is 0.497 e. The maximum absolute atomic E-state index is 5.42. The van der Waals surface area contributed by atoms with Crippen LogP contribution in [-0.4, -0.2) is 21.4 Å². The predicted octanol–water partition coefficient (Wildman–Crippen LogP) is 5.97. The van der Waals surface area contributed by atoms with Crippen LogP contribution in [0.1, 0.15) is 41.5 Å². The Labute approximate surface area is 135 Å². The molecule has 0 radical (unpaired) electrons. The Balaban J connectivity index is 3.26. The Kier molecular flexibility index (Phi) is 6.66. The molecule has 0 aliphatic carbocycles. The lowest BCUT2D eigenvalue weighted by Crippen LogP contribution is -2.40. The highest BCUT2D eigenvalue weighted by molar-refractivity contribution is 8.29. The summed E-state index contributed by atoms with van der Waals surface area (Å²) < 4.78 is 10.8. The second kappa shape index (κ2) is 7.59. The molecule has 0 bridgehead atoms. The zero-order chi connectivity index (χ0) is 16.2.